The topological polar surface area (TPSA) is 12.0 Å². The predicted molar refractivity (Wildman–Crippen MR) is 29.4 cm³/mol. The molecule has 1 aliphatic carbocycles. The molecule has 2 heteroatoms. The van der Waals surface area contributed by atoms with E-state index in [1.54, 1.807) is 0 Å². The summed E-state index contributed by atoms with van der Waals surface area (Å²) in [4.78, 5) is 0. The minimum absolute atomic E-state index is 0.361. The SMILES string of the molecule is F[C@H]1C[C@H]2C[C@H]1CN2. The van der Waals surface area contributed by atoms with E-state index in [2.05, 4.69) is 5.32 Å². The molecule has 0 amide bonds. The first-order valence-electron chi connectivity index (χ1n) is 3.24. The van der Waals surface area contributed by atoms with Gasteiger partial charge in [0.05, 0.1) is 0 Å². The molecule has 2 rings (SSSR count). The summed E-state index contributed by atoms with van der Waals surface area (Å²) in [6.45, 7) is 0.922. The molecule has 2 aliphatic rings. The molecule has 0 spiro atoms. The van der Waals surface area contributed by atoms with Gasteiger partial charge in [0.1, 0.15) is 6.17 Å². The molecule has 1 aliphatic heterocycles. The van der Waals surface area contributed by atoms with Crippen LogP contribution < -0.4 is 5.32 Å². The normalized spacial score (nSPS) is 52.9. The maximum absolute atomic E-state index is 12.6. The van der Waals surface area contributed by atoms with Crippen LogP contribution in [0.2, 0.25) is 0 Å². The third-order valence-electron chi connectivity index (χ3n) is 2.28. The van der Waals surface area contributed by atoms with E-state index in [1.165, 1.54) is 0 Å². The molecular formula is C6H10FN. The summed E-state index contributed by atoms with van der Waals surface area (Å²) in [5.74, 6) is 0.361. The van der Waals surface area contributed by atoms with Gasteiger partial charge in [0.15, 0.2) is 0 Å². The predicted octanol–water partition coefficient (Wildman–Crippen LogP) is 0.706. The summed E-state index contributed by atoms with van der Waals surface area (Å²) in [5.41, 5.74) is 0. The number of halogens is 1. The highest BCUT2D eigenvalue weighted by Crippen LogP contribution is 2.32. The van der Waals surface area contributed by atoms with Gasteiger partial charge in [-0.3, -0.25) is 0 Å². The molecule has 3 atom stereocenters. The Hall–Kier alpha value is -0.110. The lowest BCUT2D eigenvalue weighted by Crippen LogP contribution is -2.30. The molecule has 1 N–H and O–H groups in total. The van der Waals surface area contributed by atoms with Gasteiger partial charge in [-0.25, -0.2) is 4.39 Å². The highest BCUT2D eigenvalue weighted by atomic mass is 19.1. The van der Waals surface area contributed by atoms with E-state index in [0.29, 0.717) is 12.0 Å². The van der Waals surface area contributed by atoms with E-state index >= 15 is 0 Å². The van der Waals surface area contributed by atoms with Crippen molar-refractivity contribution in [1.29, 1.82) is 0 Å². The number of nitrogens with one attached hydrogen (secondary N) is 1. The second kappa shape index (κ2) is 1.44. The fraction of sp³-hybridized carbons (Fsp3) is 1.00. The summed E-state index contributed by atoms with van der Waals surface area (Å²) in [6.07, 6.45) is 1.37. The average Bonchev–Trinajstić information content (AvgIpc) is 2.23. The second-order valence-electron chi connectivity index (χ2n) is 2.85. The standard InChI is InChI=1S/C6H10FN/c7-6-2-5-1-4(6)3-8-5/h4-6,8H,1-3H2/t4-,5+,6-/m0/s1. The molecule has 46 valence electrons. The van der Waals surface area contributed by atoms with E-state index in [9.17, 15) is 4.39 Å². The van der Waals surface area contributed by atoms with Gasteiger partial charge in [0, 0.05) is 18.5 Å². The molecule has 0 aromatic heterocycles. The first-order valence-corrected chi connectivity index (χ1v) is 3.24. The van der Waals surface area contributed by atoms with Gasteiger partial charge in [0.25, 0.3) is 0 Å². The zero-order chi connectivity index (χ0) is 5.56. The van der Waals surface area contributed by atoms with Crippen LogP contribution in [0.4, 0.5) is 4.39 Å². The van der Waals surface area contributed by atoms with Crippen LogP contribution in [0.3, 0.4) is 0 Å². The van der Waals surface area contributed by atoms with Crippen LogP contribution >= 0.6 is 0 Å². The van der Waals surface area contributed by atoms with Crippen LogP contribution in [-0.2, 0) is 0 Å². The lowest BCUT2D eigenvalue weighted by molar-refractivity contribution is 0.242. The maximum atomic E-state index is 12.6. The Morgan fingerprint density at radius 1 is 1.38 bits per heavy atom. The summed E-state index contributed by atoms with van der Waals surface area (Å²) in [6, 6.07) is 0.523. The molecule has 0 aromatic carbocycles. The van der Waals surface area contributed by atoms with Gasteiger partial charge >= 0.3 is 0 Å². The van der Waals surface area contributed by atoms with Crippen LogP contribution in [0, 0.1) is 5.92 Å². The minimum atomic E-state index is -0.485. The van der Waals surface area contributed by atoms with Crippen LogP contribution in [0.1, 0.15) is 12.8 Å². The number of hydrogen-bond acceptors (Lipinski definition) is 1. The molecule has 0 aromatic rings. The molecule has 1 heterocycles. The maximum Gasteiger partial charge on any atom is 0.106 e. The Morgan fingerprint density at radius 3 is 2.50 bits per heavy atom. The van der Waals surface area contributed by atoms with Crippen LogP contribution in [0.25, 0.3) is 0 Å². The number of fused-ring (bicyclic) bond motifs is 2. The summed E-state index contributed by atoms with van der Waals surface area (Å²) in [5, 5.41) is 3.25. The Kier molecular flexibility index (Phi) is 0.852. The van der Waals surface area contributed by atoms with Crippen molar-refractivity contribution in [2.45, 2.75) is 25.1 Å². The minimum Gasteiger partial charge on any atom is -0.313 e. The number of rotatable bonds is 0. The summed E-state index contributed by atoms with van der Waals surface area (Å²) >= 11 is 0. The number of piperidine rings is 1. The smallest absolute Gasteiger partial charge is 0.106 e. The molecule has 1 nitrogen and oxygen atoms in total. The number of hydrogen-bond donors (Lipinski definition) is 1. The van der Waals surface area contributed by atoms with Crippen molar-refractivity contribution in [3.63, 3.8) is 0 Å². The Balaban J connectivity index is 2.11. The molecule has 1 saturated heterocycles. The molecule has 8 heavy (non-hydrogen) atoms. The summed E-state index contributed by atoms with van der Waals surface area (Å²) in [7, 11) is 0. The zero-order valence-corrected chi connectivity index (χ0v) is 4.73. The van der Waals surface area contributed by atoms with Gasteiger partial charge < -0.3 is 5.32 Å². The lowest BCUT2D eigenvalue weighted by atomic mass is 10.1. The molecule has 2 fully saturated rings. The first-order chi connectivity index (χ1) is 3.86. The highest BCUT2D eigenvalue weighted by Gasteiger charge is 2.39. The van der Waals surface area contributed by atoms with Crippen LogP contribution in [-0.4, -0.2) is 18.8 Å². The third-order valence-corrected chi connectivity index (χ3v) is 2.28. The molecule has 0 unspecified atom stereocenters. The van der Waals surface area contributed by atoms with E-state index in [0.717, 1.165) is 19.4 Å². The Bertz CT molecular complexity index is 103. The van der Waals surface area contributed by atoms with Gasteiger partial charge in [0.2, 0.25) is 0 Å². The summed E-state index contributed by atoms with van der Waals surface area (Å²) < 4.78 is 12.6. The van der Waals surface area contributed by atoms with E-state index < -0.39 is 6.17 Å². The van der Waals surface area contributed by atoms with Crippen molar-refractivity contribution in [3.05, 3.63) is 0 Å². The Morgan fingerprint density at radius 2 is 2.25 bits per heavy atom. The van der Waals surface area contributed by atoms with Gasteiger partial charge in [-0.1, -0.05) is 0 Å². The molecule has 1 saturated carbocycles. The fourth-order valence-corrected chi connectivity index (χ4v) is 1.77. The Labute approximate surface area is 48.3 Å². The monoisotopic (exact) mass is 115 g/mol. The van der Waals surface area contributed by atoms with Crippen molar-refractivity contribution in [3.8, 4) is 0 Å². The lowest BCUT2D eigenvalue weighted by Gasteiger charge is -2.13. The van der Waals surface area contributed by atoms with Crippen LogP contribution in [0.5, 0.6) is 0 Å². The molecular weight excluding hydrogens is 105 g/mol. The fourth-order valence-electron chi connectivity index (χ4n) is 1.77. The van der Waals surface area contributed by atoms with E-state index in [4.69, 9.17) is 0 Å². The number of alkyl halides is 1. The zero-order valence-electron chi connectivity index (χ0n) is 4.73. The van der Waals surface area contributed by atoms with Crippen molar-refractivity contribution in [2.24, 2.45) is 5.92 Å². The van der Waals surface area contributed by atoms with Crippen molar-refractivity contribution in [2.75, 3.05) is 6.54 Å². The second-order valence-corrected chi connectivity index (χ2v) is 2.85. The highest BCUT2D eigenvalue weighted by molar-refractivity contribution is 4.95. The third kappa shape index (κ3) is 0.494. The average molecular weight is 115 g/mol. The quantitative estimate of drug-likeness (QED) is 0.490. The van der Waals surface area contributed by atoms with Gasteiger partial charge in [-0.2, -0.15) is 0 Å². The first kappa shape index (κ1) is 4.74. The van der Waals surface area contributed by atoms with Crippen molar-refractivity contribution in [1.82, 2.24) is 5.32 Å². The van der Waals surface area contributed by atoms with Crippen molar-refractivity contribution >= 4 is 0 Å². The van der Waals surface area contributed by atoms with Crippen molar-refractivity contribution < 1.29 is 4.39 Å². The van der Waals surface area contributed by atoms with Gasteiger partial charge in [-0.15, -0.1) is 0 Å². The van der Waals surface area contributed by atoms with E-state index in [-0.39, 0.29) is 0 Å². The van der Waals surface area contributed by atoms with E-state index in [1.807, 2.05) is 0 Å². The molecule has 0 radical (unpaired) electrons. The molecule has 2 bridgehead atoms. The largest absolute Gasteiger partial charge is 0.313 e. The van der Waals surface area contributed by atoms with Crippen LogP contribution in [0.15, 0.2) is 0 Å². The van der Waals surface area contributed by atoms with Gasteiger partial charge in [-0.05, 0) is 12.8 Å².